The Labute approximate surface area is 80.2 Å². The van der Waals surface area contributed by atoms with Crippen molar-refractivity contribution in [1.29, 1.82) is 0 Å². The van der Waals surface area contributed by atoms with Crippen LogP contribution in [0.2, 0.25) is 0 Å². The molecule has 70 valence electrons. The van der Waals surface area contributed by atoms with Crippen molar-refractivity contribution in [3.63, 3.8) is 0 Å². The Morgan fingerprint density at radius 2 is 2.23 bits per heavy atom. The first-order chi connectivity index (χ1) is 6.25. The summed E-state index contributed by atoms with van der Waals surface area (Å²) in [5, 5.41) is 3.55. The molecule has 1 aromatic rings. The molecule has 1 aliphatic rings. The van der Waals surface area contributed by atoms with Gasteiger partial charge in [0, 0.05) is 12.6 Å². The molecule has 1 aromatic carbocycles. The summed E-state index contributed by atoms with van der Waals surface area (Å²) in [5.41, 5.74) is 2.75. The lowest BCUT2D eigenvalue weighted by atomic mass is 10.1. The highest BCUT2D eigenvalue weighted by Gasteiger charge is 2.31. The molecule has 0 aromatic heterocycles. The molecule has 0 saturated heterocycles. The first kappa shape index (κ1) is 8.76. The highest BCUT2D eigenvalue weighted by molar-refractivity contribution is 5.22. The zero-order chi connectivity index (χ0) is 9.26. The highest BCUT2D eigenvalue weighted by atomic mass is 15.0. The van der Waals surface area contributed by atoms with Gasteiger partial charge in [-0.25, -0.2) is 0 Å². The number of rotatable bonds is 3. The average Bonchev–Trinajstić information content (AvgIpc) is 2.79. The van der Waals surface area contributed by atoms with E-state index in [-0.39, 0.29) is 0 Å². The van der Waals surface area contributed by atoms with E-state index in [9.17, 15) is 0 Å². The zero-order valence-corrected chi connectivity index (χ0v) is 8.38. The summed E-state index contributed by atoms with van der Waals surface area (Å²) in [6, 6.07) is 9.49. The van der Waals surface area contributed by atoms with Crippen molar-refractivity contribution in [2.75, 3.05) is 0 Å². The maximum absolute atomic E-state index is 3.55. The Morgan fingerprint density at radius 3 is 2.85 bits per heavy atom. The third kappa shape index (κ3) is 2.31. The van der Waals surface area contributed by atoms with E-state index in [1.807, 2.05) is 0 Å². The Bertz CT molecular complexity index is 293. The second-order valence-corrected chi connectivity index (χ2v) is 4.19. The predicted molar refractivity (Wildman–Crippen MR) is 55.6 cm³/mol. The fraction of sp³-hybridized carbons (Fsp3) is 0.500. The molecule has 13 heavy (non-hydrogen) atoms. The molecule has 1 saturated carbocycles. The minimum absolute atomic E-state index is 0.778. The van der Waals surface area contributed by atoms with Gasteiger partial charge in [0.05, 0.1) is 0 Å². The van der Waals surface area contributed by atoms with Crippen LogP contribution >= 0.6 is 0 Å². The molecule has 1 fully saturated rings. The molecule has 1 nitrogen and oxygen atoms in total. The van der Waals surface area contributed by atoms with Crippen LogP contribution in [0.15, 0.2) is 24.3 Å². The van der Waals surface area contributed by atoms with Crippen LogP contribution in [0.1, 0.15) is 24.5 Å². The van der Waals surface area contributed by atoms with Crippen LogP contribution < -0.4 is 5.32 Å². The summed E-state index contributed by atoms with van der Waals surface area (Å²) >= 11 is 0. The van der Waals surface area contributed by atoms with Crippen LogP contribution in [-0.2, 0) is 6.54 Å². The third-order valence-electron chi connectivity index (χ3n) is 2.76. The van der Waals surface area contributed by atoms with Gasteiger partial charge in [0.2, 0.25) is 0 Å². The largest absolute Gasteiger partial charge is 0.310 e. The van der Waals surface area contributed by atoms with Gasteiger partial charge in [-0.15, -0.1) is 0 Å². The second-order valence-electron chi connectivity index (χ2n) is 4.19. The molecule has 2 atom stereocenters. The van der Waals surface area contributed by atoms with Crippen molar-refractivity contribution in [1.82, 2.24) is 5.32 Å². The molecule has 1 heteroatoms. The first-order valence-corrected chi connectivity index (χ1v) is 5.04. The van der Waals surface area contributed by atoms with E-state index >= 15 is 0 Å². The van der Waals surface area contributed by atoms with Crippen molar-refractivity contribution >= 4 is 0 Å². The second kappa shape index (κ2) is 3.51. The summed E-state index contributed by atoms with van der Waals surface area (Å²) in [7, 11) is 0. The Morgan fingerprint density at radius 1 is 1.46 bits per heavy atom. The van der Waals surface area contributed by atoms with Gasteiger partial charge in [-0.3, -0.25) is 0 Å². The smallest absolute Gasteiger partial charge is 0.0208 e. The van der Waals surface area contributed by atoms with Crippen molar-refractivity contribution in [2.24, 2.45) is 5.92 Å². The van der Waals surface area contributed by atoms with Gasteiger partial charge >= 0.3 is 0 Å². The van der Waals surface area contributed by atoms with Crippen molar-refractivity contribution in [2.45, 2.75) is 32.9 Å². The van der Waals surface area contributed by atoms with E-state index in [0.717, 1.165) is 18.5 Å². The SMILES string of the molecule is Cc1cccc(CNC2CC2C)c1. The topological polar surface area (TPSA) is 12.0 Å². The normalized spacial score (nSPS) is 26.0. The Hall–Kier alpha value is -0.820. The van der Waals surface area contributed by atoms with Crippen LogP contribution in [0.3, 0.4) is 0 Å². The Kier molecular flexibility index (Phi) is 2.36. The van der Waals surface area contributed by atoms with Crippen LogP contribution in [0, 0.1) is 12.8 Å². The predicted octanol–water partition coefficient (Wildman–Crippen LogP) is 2.49. The Balaban J connectivity index is 1.87. The summed E-state index contributed by atoms with van der Waals surface area (Å²) in [4.78, 5) is 0. The maximum Gasteiger partial charge on any atom is 0.0208 e. The van der Waals surface area contributed by atoms with E-state index in [4.69, 9.17) is 0 Å². The number of benzene rings is 1. The molecule has 1 N–H and O–H groups in total. The molecule has 0 bridgehead atoms. The van der Waals surface area contributed by atoms with Crippen LogP contribution in [-0.4, -0.2) is 6.04 Å². The van der Waals surface area contributed by atoms with Crippen molar-refractivity contribution < 1.29 is 0 Å². The summed E-state index contributed by atoms with van der Waals surface area (Å²) in [5.74, 6) is 0.893. The zero-order valence-electron chi connectivity index (χ0n) is 8.38. The quantitative estimate of drug-likeness (QED) is 0.744. The number of aryl methyl sites for hydroxylation is 1. The molecule has 0 radical (unpaired) electrons. The first-order valence-electron chi connectivity index (χ1n) is 5.04. The van der Waals surface area contributed by atoms with Gasteiger partial charge in [0.25, 0.3) is 0 Å². The van der Waals surface area contributed by atoms with Gasteiger partial charge in [-0.1, -0.05) is 36.8 Å². The lowest BCUT2D eigenvalue weighted by Gasteiger charge is -2.03. The number of hydrogen-bond acceptors (Lipinski definition) is 1. The van der Waals surface area contributed by atoms with E-state index in [1.54, 1.807) is 0 Å². The summed E-state index contributed by atoms with van der Waals surface area (Å²) in [6.45, 7) is 5.47. The molecule has 2 rings (SSSR count). The standard InChI is InChI=1S/C12H17N/c1-9-4-3-5-11(6-9)8-13-12-7-10(12)2/h3-6,10,12-13H,7-8H2,1-2H3. The maximum atomic E-state index is 3.55. The van der Waals surface area contributed by atoms with E-state index in [0.29, 0.717) is 0 Å². The number of hydrogen-bond donors (Lipinski definition) is 1. The van der Waals surface area contributed by atoms with Gasteiger partial charge in [-0.05, 0) is 24.8 Å². The molecule has 1 aliphatic carbocycles. The monoisotopic (exact) mass is 175 g/mol. The molecule has 2 unspecified atom stereocenters. The lowest BCUT2D eigenvalue weighted by Crippen LogP contribution is -2.16. The van der Waals surface area contributed by atoms with Crippen LogP contribution in [0.5, 0.6) is 0 Å². The summed E-state index contributed by atoms with van der Waals surface area (Å²) in [6.07, 6.45) is 1.35. The number of nitrogens with one attached hydrogen (secondary N) is 1. The molecule has 0 spiro atoms. The van der Waals surface area contributed by atoms with Gasteiger partial charge in [0.15, 0.2) is 0 Å². The van der Waals surface area contributed by atoms with Crippen molar-refractivity contribution in [3.05, 3.63) is 35.4 Å². The molecular formula is C12H17N. The van der Waals surface area contributed by atoms with E-state index < -0.39 is 0 Å². The van der Waals surface area contributed by atoms with Crippen molar-refractivity contribution in [3.8, 4) is 0 Å². The fourth-order valence-electron chi connectivity index (χ4n) is 1.68. The van der Waals surface area contributed by atoms with Gasteiger partial charge in [0.1, 0.15) is 0 Å². The molecule has 0 amide bonds. The minimum atomic E-state index is 0.778. The molecule has 0 aliphatic heterocycles. The van der Waals surface area contributed by atoms with Gasteiger partial charge in [-0.2, -0.15) is 0 Å². The highest BCUT2D eigenvalue weighted by Crippen LogP contribution is 2.29. The average molecular weight is 175 g/mol. The van der Waals surface area contributed by atoms with Crippen LogP contribution in [0.25, 0.3) is 0 Å². The lowest BCUT2D eigenvalue weighted by molar-refractivity contribution is 0.652. The minimum Gasteiger partial charge on any atom is -0.310 e. The summed E-state index contributed by atoms with van der Waals surface area (Å²) < 4.78 is 0. The molecular weight excluding hydrogens is 158 g/mol. The van der Waals surface area contributed by atoms with E-state index in [2.05, 4.69) is 43.4 Å². The van der Waals surface area contributed by atoms with E-state index in [1.165, 1.54) is 17.5 Å². The van der Waals surface area contributed by atoms with Gasteiger partial charge < -0.3 is 5.32 Å². The van der Waals surface area contributed by atoms with Crippen LogP contribution in [0.4, 0.5) is 0 Å². The third-order valence-corrected chi connectivity index (χ3v) is 2.76. The molecule has 0 heterocycles. The fourth-order valence-corrected chi connectivity index (χ4v) is 1.68.